The minimum absolute atomic E-state index is 0.232. The number of ketones is 1. The second-order valence-electron chi connectivity index (χ2n) is 4.10. The second kappa shape index (κ2) is 4.99. The standard InChI is InChI=1S/C13H14INO/c1-9-5-6-13(12(14)7-9)15-10-3-2-4-11(16)8-10/h5-8,15H,2-4H2,1H3. The van der Waals surface area contributed by atoms with Gasteiger partial charge in [0.1, 0.15) is 0 Å². The maximum absolute atomic E-state index is 11.3. The first-order chi connectivity index (χ1) is 7.65. The van der Waals surface area contributed by atoms with Crippen LogP contribution in [0.25, 0.3) is 0 Å². The van der Waals surface area contributed by atoms with E-state index in [0.717, 1.165) is 24.2 Å². The number of carbonyl (C=O) groups is 1. The molecule has 0 fully saturated rings. The van der Waals surface area contributed by atoms with Crippen LogP contribution in [0.3, 0.4) is 0 Å². The Balaban J connectivity index is 2.17. The Morgan fingerprint density at radius 2 is 2.12 bits per heavy atom. The molecule has 0 unspecified atom stereocenters. The van der Waals surface area contributed by atoms with Gasteiger partial charge in [-0.2, -0.15) is 0 Å². The van der Waals surface area contributed by atoms with Gasteiger partial charge < -0.3 is 5.32 Å². The molecular weight excluding hydrogens is 313 g/mol. The van der Waals surface area contributed by atoms with Crippen LogP contribution < -0.4 is 5.32 Å². The first-order valence-corrected chi connectivity index (χ1v) is 6.49. The van der Waals surface area contributed by atoms with Gasteiger partial charge in [0.2, 0.25) is 0 Å². The van der Waals surface area contributed by atoms with Crippen LogP contribution in [-0.4, -0.2) is 5.78 Å². The summed E-state index contributed by atoms with van der Waals surface area (Å²) in [5.41, 5.74) is 3.38. The second-order valence-corrected chi connectivity index (χ2v) is 5.26. The Labute approximate surface area is 109 Å². The summed E-state index contributed by atoms with van der Waals surface area (Å²) >= 11 is 2.31. The number of aryl methyl sites for hydroxylation is 1. The summed E-state index contributed by atoms with van der Waals surface area (Å²) in [4.78, 5) is 11.3. The van der Waals surface area contributed by atoms with Crippen LogP contribution >= 0.6 is 22.6 Å². The minimum atomic E-state index is 0.232. The molecule has 84 valence electrons. The van der Waals surface area contributed by atoms with E-state index in [4.69, 9.17) is 0 Å². The molecule has 0 aromatic heterocycles. The van der Waals surface area contributed by atoms with E-state index in [0.29, 0.717) is 6.42 Å². The van der Waals surface area contributed by atoms with E-state index in [9.17, 15) is 4.79 Å². The first-order valence-electron chi connectivity index (χ1n) is 5.42. The topological polar surface area (TPSA) is 29.1 Å². The van der Waals surface area contributed by atoms with Crippen LogP contribution in [0.5, 0.6) is 0 Å². The van der Waals surface area contributed by atoms with E-state index >= 15 is 0 Å². The number of halogens is 1. The number of rotatable bonds is 2. The quantitative estimate of drug-likeness (QED) is 0.840. The largest absolute Gasteiger partial charge is 0.358 e. The molecular formula is C13H14INO. The highest BCUT2D eigenvalue weighted by molar-refractivity contribution is 14.1. The highest BCUT2D eigenvalue weighted by Gasteiger charge is 2.10. The molecule has 2 rings (SSSR count). The van der Waals surface area contributed by atoms with E-state index < -0.39 is 0 Å². The van der Waals surface area contributed by atoms with Crippen molar-refractivity contribution in [3.63, 3.8) is 0 Å². The SMILES string of the molecule is Cc1ccc(NC2=CC(=O)CCC2)c(I)c1. The molecule has 2 nitrogen and oxygen atoms in total. The Morgan fingerprint density at radius 1 is 1.31 bits per heavy atom. The maximum atomic E-state index is 11.3. The van der Waals surface area contributed by atoms with Gasteiger partial charge in [-0.25, -0.2) is 0 Å². The number of nitrogens with one attached hydrogen (secondary N) is 1. The van der Waals surface area contributed by atoms with Crippen molar-refractivity contribution < 1.29 is 4.79 Å². The number of benzene rings is 1. The summed E-state index contributed by atoms with van der Waals surface area (Å²) in [6.07, 6.45) is 4.35. The van der Waals surface area contributed by atoms with Crippen molar-refractivity contribution in [1.82, 2.24) is 0 Å². The lowest BCUT2D eigenvalue weighted by atomic mass is 10.0. The fourth-order valence-corrected chi connectivity index (χ4v) is 2.59. The average molecular weight is 327 g/mol. The molecule has 0 saturated heterocycles. The molecule has 3 heteroatoms. The third kappa shape index (κ3) is 2.84. The number of anilines is 1. The Bertz CT molecular complexity index is 451. The highest BCUT2D eigenvalue weighted by Crippen LogP contribution is 2.23. The number of hydrogen-bond donors (Lipinski definition) is 1. The van der Waals surface area contributed by atoms with Crippen molar-refractivity contribution in [2.75, 3.05) is 5.32 Å². The zero-order chi connectivity index (χ0) is 11.5. The van der Waals surface area contributed by atoms with Gasteiger partial charge in [0.15, 0.2) is 5.78 Å². The third-order valence-corrected chi connectivity index (χ3v) is 3.52. The molecule has 0 spiro atoms. The normalized spacial score (nSPS) is 15.9. The van der Waals surface area contributed by atoms with Crippen LogP contribution in [0.1, 0.15) is 24.8 Å². The van der Waals surface area contributed by atoms with Crippen molar-refractivity contribution in [2.45, 2.75) is 26.2 Å². The molecule has 1 aromatic rings. The van der Waals surface area contributed by atoms with Gasteiger partial charge in [-0.15, -0.1) is 0 Å². The van der Waals surface area contributed by atoms with Crippen molar-refractivity contribution in [1.29, 1.82) is 0 Å². The van der Waals surface area contributed by atoms with Gasteiger partial charge in [0.05, 0.1) is 5.69 Å². The van der Waals surface area contributed by atoms with Gasteiger partial charge in [-0.3, -0.25) is 4.79 Å². The fourth-order valence-electron chi connectivity index (χ4n) is 1.78. The monoisotopic (exact) mass is 327 g/mol. The maximum Gasteiger partial charge on any atom is 0.157 e. The number of carbonyl (C=O) groups excluding carboxylic acids is 1. The van der Waals surface area contributed by atoms with E-state index in [-0.39, 0.29) is 5.78 Å². The Morgan fingerprint density at radius 3 is 2.81 bits per heavy atom. The summed E-state index contributed by atoms with van der Waals surface area (Å²) < 4.78 is 1.19. The molecule has 0 amide bonds. The van der Waals surface area contributed by atoms with Crippen LogP contribution in [0.15, 0.2) is 30.0 Å². The minimum Gasteiger partial charge on any atom is -0.358 e. The Kier molecular flexibility index (Phi) is 3.63. The van der Waals surface area contributed by atoms with Crippen LogP contribution in [0.4, 0.5) is 5.69 Å². The van der Waals surface area contributed by atoms with Gasteiger partial charge in [0, 0.05) is 21.8 Å². The molecule has 1 aliphatic carbocycles. The number of allylic oxidation sites excluding steroid dienone is 2. The smallest absolute Gasteiger partial charge is 0.157 e. The molecule has 1 N–H and O–H groups in total. The summed E-state index contributed by atoms with van der Waals surface area (Å²) in [6, 6.07) is 6.28. The van der Waals surface area contributed by atoms with Crippen molar-refractivity contribution in [3.8, 4) is 0 Å². The lowest BCUT2D eigenvalue weighted by Gasteiger charge is -2.15. The predicted molar refractivity (Wildman–Crippen MR) is 74.5 cm³/mol. The average Bonchev–Trinajstić information content (AvgIpc) is 2.22. The van der Waals surface area contributed by atoms with E-state index in [2.05, 4.69) is 53.0 Å². The summed E-state index contributed by atoms with van der Waals surface area (Å²) in [7, 11) is 0. The van der Waals surface area contributed by atoms with Gasteiger partial charge >= 0.3 is 0 Å². The fraction of sp³-hybridized carbons (Fsp3) is 0.308. The summed E-state index contributed by atoms with van der Waals surface area (Å²) in [5.74, 6) is 0.232. The molecule has 0 saturated carbocycles. The lowest BCUT2D eigenvalue weighted by Crippen LogP contribution is -2.09. The molecule has 0 bridgehead atoms. The summed E-state index contributed by atoms with van der Waals surface area (Å²) in [6.45, 7) is 2.08. The highest BCUT2D eigenvalue weighted by atomic mass is 127. The van der Waals surface area contributed by atoms with Crippen molar-refractivity contribution >= 4 is 34.1 Å². The van der Waals surface area contributed by atoms with Gasteiger partial charge in [0.25, 0.3) is 0 Å². The summed E-state index contributed by atoms with van der Waals surface area (Å²) in [5, 5.41) is 3.34. The Hall–Kier alpha value is -0.840. The molecule has 1 aromatic carbocycles. The van der Waals surface area contributed by atoms with E-state index in [1.165, 1.54) is 9.13 Å². The zero-order valence-corrected chi connectivity index (χ0v) is 11.4. The van der Waals surface area contributed by atoms with Crippen LogP contribution in [0.2, 0.25) is 0 Å². The number of hydrogen-bond acceptors (Lipinski definition) is 2. The molecule has 0 heterocycles. The third-order valence-electron chi connectivity index (χ3n) is 2.62. The predicted octanol–water partition coefficient (Wildman–Crippen LogP) is 3.65. The zero-order valence-electron chi connectivity index (χ0n) is 9.22. The first kappa shape index (κ1) is 11.6. The molecule has 0 atom stereocenters. The van der Waals surface area contributed by atoms with Gasteiger partial charge in [-0.1, -0.05) is 6.07 Å². The van der Waals surface area contributed by atoms with E-state index in [1.807, 2.05) is 0 Å². The van der Waals surface area contributed by atoms with Gasteiger partial charge in [-0.05, 0) is 60.1 Å². The van der Waals surface area contributed by atoms with Crippen LogP contribution in [0, 0.1) is 10.5 Å². The van der Waals surface area contributed by atoms with Crippen molar-refractivity contribution in [2.24, 2.45) is 0 Å². The molecule has 1 aliphatic rings. The molecule has 0 aliphatic heterocycles. The lowest BCUT2D eigenvalue weighted by molar-refractivity contribution is -0.115. The van der Waals surface area contributed by atoms with Crippen LogP contribution in [-0.2, 0) is 4.79 Å². The van der Waals surface area contributed by atoms with E-state index in [1.54, 1.807) is 6.08 Å². The molecule has 16 heavy (non-hydrogen) atoms. The van der Waals surface area contributed by atoms with Crippen molar-refractivity contribution in [3.05, 3.63) is 39.1 Å². The molecule has 0 radical (unpaired) electrons.